The average Bonchev–Trinajstić information content (AvgIpc) is 3.14. The van der Waals surface area contributed by atoms with Crippen molar-refractivity contribution in [1.29, 1.82) is 0 Å². The lowest BCUT2D eigenvalue weighted by Crippen LogP contribution is -2.53. The van der Waals surface area contributed by atoms with Crippen molar-refractivity contribution in [2.24, 2.45) is 0 Å². The number of aryl methyl sites for hydroxylation is 1. The normalized spacial score (nSPS) is 34.4. The molecule has 6 heteroatoms. The van der Waals surface area contributed by atoms with Crippen LogP contribution in [0.3, 0.4) is 0 Å². The van der Waals surface area contributed by atoms with E-state index in [1.54, 1.807) is 4.90 Å². The summed E-state index contributed by atoms with van der Waals surface area (Å²) in [5.41, 5.74) is 2.60. The van der Waals surface area contributed by atoms with Gasteiger partial charge in [-0.3, -0.25) is 4.90 Å². The maximum absolute atomic E-state index is 12.0. The van der Waals surface area contributed by atoms with Gasteiger partial charge < -0.3 is 19.9 Å². The molecule has 3 fully saturated rings. The van der Waals surface area contributed by atoms with Crippen LogP contribution in [0.1, 0.15) is 43.7 Å². The van der Waals surface area contributed by atoms with E-state index < -0.39 is 6.23 Å². The lowest BCUT2D eigenvalue weighted by molar-refractivity contribution is -0.0364. The monoisotopic (exact) mass is 344 g/mol. The molecule has 2 aliphatic heterocycles. The molecule has 2 N–H and O–H groups in total. The summed E-state index contributed by atoms with van der Waals surface area (Å²) in [5.74, 6) is 1.95. The van der Waals surface area contributed by atoms with Gasteiger partial charge in [-0.2, -0.15) is 0 Å². The summed E-state index contributed by atoms with van der Waals surface area (Å²) in [6.45, 7) is 4.67. The summed E-state index contributed by atoms with van der Waals surface area (Å²) in [7, 11) is 0. The van der Waals surface area contributed by atoms with Gasteiger partial charge in [0, 0.05) is 29.9 Å². The van der Waals surface area contributed by atoms with E-state index in [0.29, 0.717) is 0 Å². The second kappa shape index (κ2) is 5.04. The zero-order valence-electron chi connectivity index (χ0n) is 14.6. The molecule has 0 bridgehead atoms. The van der Waals surface area contributed by atoms with Gasteiger partial charge in [-0.15, -0.1) is 0 Å². The molecule has 134 valence electrons. The van der Waals surface area contributed by atoms with Crippen LogP contribution in [0.2, 0.25) is 0 Å². The van der Waals surface area contributed by atoms with Gasteiger partial charge in [0.25, 0.3) is 0 Å². The Balaban J connectivity index is 1.30. The summed E-state index contributed by atoms with van der Waals surface area (Å²) in [4.78, 5) is 13.5. The van der Waals surface area contributed by atoms with Crippen LogP contribution in [0, 0.1) is 6.92 Å². The van der Waals surface area contributed by atoms with Crippen molar-refractivity contribution in [3.05, 3.63) is 23.3 Å². The minimum Gasteiger partial charge on any atom is -0.492 e. The topological polar surface area (TPSA) is 71.0 Å². The van der Waals surface area contributed by atoms with E-state index >= 15 is 0 Å². The first-order valence-electron chi connectivity index (χ1n) is 9.19. The predicted molar refractivity (Wildman–Crippen MR) is 90.9 cm³/mol. The molecular weight excluding hydrogens is 320 g/mol. The zero-order chi connectivity index (χ0) is 17.3. The molecule has 0 radical (unpaired) electrons. The predicted octanol–water partition coefficient (Wildman–Crippen LogP) is 2.06. The number of ether oxygens (including phenoxy) is 2. The first-order chi connectivity index (χ1) is 12.0. The van der Waals surface area contributed by atoms with Crippen LogP contribution in [0.4, 0.5) is 4.79 Å². The van der Waals surface area contributed by atoms with E-state index in [-0.39, 0.29) is 29.6 Å². The van der Waals surface area contributed by atoms with Crippen molar-refractivity contribution in [3.63, 3.8) is 0 Å². The Morgan fingerprint density at radius 3 is 2.76 bits per heavy atom. The molecule has 1 saturated heterocycles. The fourth-order valence-corrected chi connectivity index (χ4v) is 4.41. The van der Waals surface area contributed by atoms with Gasteiger partial charge in [-0.1, -0.05) is 6.07 Å². The third kappa shape index (κ3) is 2.16. The number of nitrogens with one attached hydrogen (secondary N) is 1. The number of fused-ring (bicyclic) bond motifs is 2. The molecule has 1 spiro atoms. The summed E-state index contributed by atoms with van der Waals surface area (Å²) >= 11 is 0. The number of nitrogens with zero attached hydrogens (tertiary/aromatic N) is 1. The van der Waals surface area contributed by atoms with Crippen molar-refractivity contribution >= 4 is 6.03 Å². The number of rotatable bonds is 3. The number of carbonyl (C=O) groups is 1. The van der Waals surface area contributed by atoms with Gasteiger partial charge in [0.15, 0.2) is 6.23 Å². The van der Waals surface area contributed by atoms with Gasteiger partial charge in [-0.25, -0.2) is 4.79 Å². The minimum absolute atomic E-state index is 0.0505. The van der Waals surface area contributed by atoms with Gasteiger partial charge >= 0.3 is 6.03 Å². The van der Waals surface area contributed by atoms with E-state index in [4.69, 9.17) is 9.47 Å². The maximum atomic E-state index is 12.0. The van der Waals surface area contributed by atoms with Crippen molar-refractivity contribution in [2.75, 3.05) is 6.61 Å². The Morgan fingerprint density at radius 1 is 1.36 bits per heavy atom. The molecular formula is C19H24N2O4. The van der Waals surface area contributed by atoms with Gasteiger partial charge in [0.1, 0.15) is 17.6 Å². The third-order valence-corrected chi connectivity index (χ3v) is 6.27. The minimum atomic E-state index is -0.745. The molecule has 2 amide bonds. The van der Waals surface area contributed by atoms with Crippen LogP contribution in [0.15, 0.2) is 12.1 Å². The van der Waals surface area contributed by atoms with Crippen LogP contribution in [0.25, 0.3) is 0 Å². The first kappa shape index (κ1) is 15.3. The smallest absolute Gasteiger partial charge is 0.320 e. The van der Waals surface area contributed by atoms with E-state index in [1.807, 2.05) is 6.92 Å². The zero-order valence-corrected chi connectivity index (χ0v) is 14.6. The molecule has 2 aliphatic carbocycles. The maximum Gasteiger partial charge on any atom is 0.320 e. The largest absolute Gasteiger partial charge is 0.492 e. The number of amides is 2. The highest BCUT2D eigenvalue weighted by Gasteiger charge is 2.53. The SMILES string of the molecule is Cc1ccc(OC2CC(N3C(=O)N[C@H](C)C3O)C2)c2c1OCC21CC1. The molecule has 1 aromatic carbocycles. The third-order valence-electron chi connectivity index (χ3n) is 6.27. The second-order valence-corrected chi connectivity index (χ2v) is 8.08. The number of hydrogen-bond donors (Lipinski definition) is 2. The number of urea groups is 1. The van der Waals surface area contributed by atoms with Crippen LogP contribution >= 0.6 is 0 Å². The van der Waals surface area contributed by atoms with E-state index in [1.165, 1.54) is 24.0 Å². The number of aliphatic hydroxyl groups is 1. The Morgan fingerprint density at radius 2 is 2.12 bits per heavy atom. The highest BCUT2D eigenvalue weighted by Crippen LogP contribution is 2.59. The van der Waals surface area contributed by atoms with Crippen molar-refractivity contribution < 1.29 is 19.4 Å². The fourth-order valence-electron chi connectivity index (χ4n) is 4.41. The van der Waals surface area contributed by atoms with E-state index in [0.717, 1.165) is 30.9 Å². The van der Waals surface area contributed by atoms with Crippen LogP contribution in [0.5, 0.6) is 11.5 Å². The summed E-state index contributed by atoms with van der Waals surface area (Å²) in [6.07, 6.45) is 3.20. The van der Waals surface area contributed by atoms with Crippen LogP contribution in [-0.4, -0.2) is 47.1 Å². The highest BCUT2D eigenvalue weighted by atomic mass is 16.5. The summed E-state index contributed by atoms with van der Waals surface area (Å²) in [5, 5.41) is 12.9. The van der Waals surface area contributed by atoms with E-state index in [2.05, 4.69) is 24.4 Å². The molecule has 1 unspecified atom stereocenters. The molecule has 2 saturated carbocycles. The molecule has 1 aromatic rings. The van der Waals surface area contributed by atoms with Crippen LogP contribution in [-0.2, 0) is 5.41 Å². The van der Waals surface area contributed by atoms with Crippen molar-refractivity contribution in [2.45, 2.75) is 69.4 Å². The van der Waals surface area contributed by atoms with Crippen molar-refractivity contribution in [1.82, 2.24) is 10.2 Å². The lowest BCUT2D eigenvalue weighted by atomic mass is 9.87. The van der Waals surface area contributed by atoms with Gasteiger partial charge in [-0.05, 0) is 38.3 Å². The van der Waals surface area contributed by atoms with Gasteiger partial charge in [0.05, 0.1) is 12.6 Å². The summed E-state index contributed by atoms with van der Waals surface area (Å²) in [6, 6.07) is 3.78. The molecule has 2 atom stereocenters. The second-order valence-electron chi connectivity index (χ2n) is 8.08. The average molecular weight is 344 g/mol. The highest BCUT2D eigenvalue weighted by molar-refractivity contribution is 5.77. The van der Waals surface area contributed by atoms with Crippen LogP contribution < -0.4 is 14.8 Å². The quantitative estimate of drug-likeness (QED) is 0.880. The number of benzene rings is 1. The number of aliphatic hydroxyl groups excluding tert-OH is 1. The Kier molecular flexibility index (Phi) is 3.08. The number of carbonyl (C=O) groups excluding carboxylic acids is 1. The Hall–Kier alpha value is -1.95. The summed E-state index contributed by atoms with van der Waals surface area (Å²) < 4.78 is 12.2. The Labute approximate surface area is 147 Å². The first-order valence-corrected chi connectivity index (χ1v) is 9.19. The Bertz CT molecular complexity index is 739. The van der Waals surface area contributed by atoms with Gasteiger partial charge in [0.2, 0.25) is 0 Å². The molecule has 0 aromatic heterocycles. The molecule has 2 heterocycles. The van der Waals surface area contributed by atoms with E-state index in [9.17, 15) is 9.90 Å². The molecule has 4 aliphatic rings. The van der Waals surface area contributed by atoms with Crippen molar-refractivity contribution in [3.8, 4) is 11.5 Å². The standard InChI is InChI=1S/C19H24N2O4/c1-10-3-4-14(15-16(10)24-9-19(15)5-6-19)25-13-7-12(8-13)21-17(22)11(2)20-18(21)23/h3-4,11-13,17,22H,5-9H2,1-2H3,(H,20,23)/t11-,12?,13?,17?/m1/s1. The fraction of sp³-hybridized carbons (Fsp3) is 0.632. The molecule has 6 nitrogen and oxygen atoms in total. The molecule has 25 heavy (non-hydrogen) atoms. The molecule has 5 rings (SSSR count). The number of hydrogen-bond acceptors (Lipinski definition) is 4. The lowest BCUT2D eigenvalue weighted by Gasteiger charge is -2.42.